The lowest BCUT2D eigenvalue weighted by atomic mass is 10.1. The number of hydrogen-bond donors (Lipinski definition) is 0. The monoisotopic (exact) mass is 268 g/mol. The fourth-order valence-electron chi connectivity index (χ4n) is 0.804. The Morgan fingerprint density at radius 2 is 1.73 bits per heavy atom. The predicted octanol–water partition coefficient (Wildman–Crippen LogP) is 3.19. The van der Waals surface area contributed by atoms with Gasteiger partial charge in [-0.05, 0) is 53.6 Å². The van der Waals surface area contributed by atoms with Crippen LogP contribution in [0.25, 0.3) is 0 Å². The molecule has 0 aliphatic carbocycles. The summed E-state index contributed by atoms with van der Waals surface area (Å²) in [7, 11) is 0. The van der Waals surface area contributed by atoms with Gasteiger partial charge in [0, 0.05) is 0 Å². The second-order valence-electron chi connectivity index (χ2n) is 2.43. The first-order valence-corrected chi connectivity index (χ1v) is 4.22. The fourth-order valence-corrected chi connectivity index (χ4v) is 1.51. The molecule has 0 nitrogen and oxygen atoms in total. The summed E-state index contributed by atoms with van der Waals surface area (Å²) in [5.41, 5.74) is 1.18. The zero-order valence-corrected chi connectivity index (χ0v) is 8.37. The van der Waals surface area contributed by atoms with Crippen molar-refractivity contribution in [2.24, 2.45) is 0 Å². The maximum atomic E-state index is 12.9. The summed E-state index contributed by atoms with van der Waals surface area (Å²) in [6.07, 6.45) is 0. The largest absolute Gasteiger partial charge is 0.203 e. The number of aryl methyl sites for hydroxylation is 1. The Morgan fingerprint density at radius 3 is 2.27 bits per heavy atom. The zero-order valence-electron chi connectivity index (χ0n) is 6.21. The van der Waals surface area contributed by atoms with E-state index in [1.807, 2.05) is 0 Å². The van der Waals surface area contributed by atoms with E-state index in [2.05, 4.69) is 0 Å². The van der Waals surface area contributed by atoms with Crippen LogP contribution in [0.15, 0.2) is 6.07 Å². The highest BCUT2D eigenvalue weighted by Gasteiger charge is 2.10. The first kappa shape index (κ1) is 8.90. The van der Waals surface area contributed by atoms with Crippen LogP contribution in [-0.2, 0) is 0 Å². The van der Waals surface area contributed by atoms with E-state index in [1.165, 1.54) is 0 Å². The molecule has 0 aliphatic heterocycles. The fraction of sp³-hybridized carbons (Fsp3) is 0.250. The molecule has 0 atom stereocenters. The van der Waals surface area contributed by atoms with E-state index >= 15 is 0 Å². The van der Waals surface area contributed by atoms with Crippen LogP contribution >= 0.6 is 22.6 Å². The highest BCUT2D eigenvalue weighted by atomic mass is 127. The molecule has 0 radical (unpaired) electrons. The summed E-state index contributed by atoms with van der Waals surface area (Å²) in [6, 6.07) is 1.63. The van der Waals surface area contributed by atoms with Crippen molar-refractivity contribution in [3.05, 3.63) is 32.4 Å². The molecule has 11 heavy (non-hydrogen) atoms. The topological polar surface area (TPSA) is 0 Å². The van der Waals surface area contributed by atoms with Gasteiger partial charge in [-0.15, -0.1) is 0 Å². The van der Waals surface area contributed by atoms with Gasteiger partial charge in [-0.25, -0.2) is 8.78 Å². The minimum Gasteiger partial charge on any atom is -0.203 e. The van der Waals surface area contributed by atoms with Crippen LogP contribution in [0.3, 0.4) is 0 Å². The van der Waals surface area contributed by atoms with Crippen molar-refractivity contribution in [3.8, 4) is 0 Å². The van der Waals surface area contributed by atoms with E-state index < -0.39 is 11.6 Å². The third-order valence-electron chi connectivity index (χ3n) is 1.67. The SMILES string of the molecule is Cc1cc(I)c(F)c(F)c1C. The summed E-state index contributed by atoms with van der Waals surface area (Å²) >= 11 is 1.78. The second-order valence-corrected chi connectivity index (χ2v) is 3.59. The third kappa shape index (κ3) is 1.52. The quantitative estimate of drug-likeness (QED) is 0.500. The van der Waals surface area contributed by atoms with Gasteiger partial charge in [-0.1, -0.05) is 0 Å². The Hall–Kier alpha value is -0.190. The van der Waals surface area contributed by atoms with Crippen molar-refractivity contribution in [1.29, 1.82) is 0 Å². The van der Waals surface area contributed by atoms with Gasteiger partial charge >= 0.3 is 0 Å². The molecule has 1 rings (SSSR count). The van der Waals surface area contributed by atoms with Crippen LogP contribution in [0, 0.1) is 29.1 Å². The standard InChI is InChI=1S/C8H7F2I/c1-4-3-6(11)8(10)7(9)5(4)2/h3H,1-2H3. The van der Waals surface area contributed by atoms with E-state index in [9.17, 15) is 8.78 Å². The van der Waals surface area contributed by atoms with E-state index in [4.69, 9.17) is 0 Å². The lowest BCUT2D eigenvalue weighted by Crippen LogP contribution is -1.95. The van der Waals surface area contributed by atoms with Gasteiger partial charge in [0.2, 0.25) is 0 Å². The molecule has 0 bridgehead atoms. The highest BCUT2D eigenvalue weighted by molar-refractivity contribution is 14.1. The number of benzene rings is 1. The van der Waals surface area contributed by atoms with Gasteiger partial charge in [0.25, 0.3) is 0 Å². The molecule has 60 valence electrons. The molecule has 0 spiro atoms. The first-order valence-electron chi connectivity index (χ1n) is 3.14. The van der Waals surface area contributed by atoms with Gasteiger partial charge in [0.1, 0.15) is 0 Å². The Morgan fingerprint density at radius 1 is 1.18 bits per heavy atom. The van der Waals surface area contributed by atoms with Gasteiger partial charge in [0.05, 0.1) is 3.57 Å². The smallest absolute Gasteiger partial charge is 0.172 e. The Bertz CT molecular complexity index is 268. The molecule has 0 heterocycles. The van der Waals surface area contributed by atoms with E-state index in [0.717, 1.165) is 5.56 Å². The average Bonchev–Trinajstić information content (AvgIpc) is 1.97. The molecule has 1 aromatic carbocycles. The van der Waals surface area contributed by atoms with Crippen molar-refractivity contribution in [1.82, 2.24) is 0 Å². The maximum absolute atomic E-state index is 12.9. The molecule has 0 fully saturated rings. The van der Waals surface area contributed by atoms with Crippen LogP contribution in [0.4, 0.5) is 8.78 Å². The molecule has 0 N–H and O–H groups in total. The molecule has 0 amide bonds. The minimum absolute atomic E-state index is 0.336. The highest BCUT2D eigenvalue weighted by Crippen LogP contribution is 2.20. The van der Waals surface area contributed by atoms with Crippen molar-refractivity contribution in [2.75, 3.05) is 0 Å². The Balaban J connectivity index is 3.46. The summed E-state index contributed by atoms with van der Waals surface area (Å²) in [5.74, 6) is -1.47. The molecule has 0 aromatic heterocycles. The van der Waals surface area contributed by atoms with Crippen LogP contribution in [0.2, 0.25) is 0 Å². The molecular weight excluding hydrogens is 261 g/mol. The average molecular weight is 268 g/mol. The number of hydrogen-bond acceptors (Lipinski definition) is 0. The summed E-state index contributed by atoms with van der Waals surface area (Å²) in [4.78, 5) is 0. The van der Waals surface area contributed by atoms with Crippen molar-refractivity contribution in [3.63, 3.8) is 0 Å². The molecule has 0 aliphatic rings. The molecule has 3 heteroatoms. The normalized spacial score (nSPS) is 10.3. The summed E-state index contributed by atoms with van der Waals surface area (Å²) < 4.78 is 26.0. The second kappa shape index (κ2) is 3.05. The Labute approximate surface area is 77.8 Å². The van der Waals surface area contributed by atoms with Crippen LogP contribution in [0.1, 0.15) is 11.1 Å². The number of rotatable bonds is 0. The molecule has 0 saturated carbocycles. The van der Waals surface area contributed by atoms with Crippen LogP contribution in [-0.4, -0.2) is 0 Å². The molecular formula is C8H7F2I. The summed E-state index contributed by atoms with van der Waals surface area (Å²) in [5, 5.41) is 0. The zero-order chi connectivity index (χ0) is 8.59. The number of halogens is 3. The summed E-state index contributed by atoms with van der Waals surface area (Å²) in [6.45, 7) is 3.34. The predicted molar refractivity (Wildman–Crippen MR) is 48.5 cm³/mol. The van der Waals surface area contributed by atoms with E-state index in [1.54, 1.807) is 42.5 Å². The van der Waals surface area contributed by atoms with E-state index in [-0.39, 0.29) is 0 Å². The minimum atomic E-state index is -0.742. The Kier molecular flexibility index (Phi) is 2.47. The van der Waals surface area contributed by atoms with Crippen molar-refractivity contribution in [2.45, 2.75) is 13.8 Å². The molecule has 0 saturated heterocycles. The van der Waals surface area contributed by atoms with Crippen molar-refractivity contribution < 1.29 is 8.78 Å². The van der Waals surface area contributed by atoms with Gasteiger partial charge < -0.3 is 0 Å². The van der Waals surface area contributed by atoms with Crippen molar-refractivity contribution >= 4 is 22.6 Å². The van der Waals surface area contributed by atoms with Crippen LogP contribution < -0.4 is 0 Å². The van der Waals surface area contributed by atoms with E-state index in [0.29, 0.717) is 9.13 Å². The maximum Gasteiger partial charge on any atom is 0.172 e. The van der Waals surface area contributed by atoms with Gasteiger partial charge in [0.15, 0.2) is 11.6 Å². The van der Waals surface area contributed by atoms with Crippen LogP contribution in [0.5, 0.6) is 0 Å². The molecule has 0 unspecified atom stereocenters. The third-order valence-corrected chi connectivity index (χ3v) is 2.45. The molecule has 1 aromatic rings. The van der Waals surface area contributed by atoms with Gasteiger partial charge in [-0.3, -0.25) is 0 Å². The van der Waals surface area contributed by atoms with Gasteiger partial charge in [-0.2, -0.15) is 0 Å². The lowest BCUT2D eigenvalue weighted by molar-refractivity contribution is 0.497. The first-order chi connectivity index (χ1) is 5.04. The lowest BCUT2D eigenvalue weighted by Gasteiger charge is -2.03.